The Morgan fingerprint density at radius 1 is 1.03 bits per heavy atom. The fourth-order valence-electron chi connectivity index (χ4n) is 4.21. The molecule has 3 aromatic heterocycles. The van der Waals surface area contributed by atoms with Gasteiger partial charge in [-0.1, -0.05) is 24.3 Å². The van der Waals surface area contributed by atoms with E-state index in [-0.39, 0.29) is 5.91 Å². The monoisotopic (exact) mass is 386 g/mol. The first-order valence-corrected chi connectivity index (χ1v) is 9.87. The second kappa shape index (κ2) is 6.97. The molecule has 0 unspecified atom stereocenters. The highest BCUT2D eigenvalue weighted by Crippen LogP contribution is 2.28. The zero-order valence-electron chi connectivity index (χ0n) is 16.0. The Hall–Kier alpha value is -3.25. The van der Waals surface area contributed by atoms with E-state index in [9.17, 15) is 9.90 Å². The van der Waals surface area contributed by atoms with Gasteiger partial charge in [0.05, 0.1) is 23.9 Å². The van der Waals surface area contributed by atoms with Crippen LogP contribution in [-0.2, 0) is 6.54 Å². The largest absolute Gasteiger partial charge is 0.388 e. The Morgan fingerprint density at radius 3 is 2.69 bits per heavy atom. The predicted octanol–water partition coefficient (Wildman–Crippen LogP) is 3.25. The number of fused-ring (bicyclic) bond motifs is 2. The molecule has 1 saturated heterocycles. The molecule has 1 aromatic carbocycles. The number of carbonyl (C=O) groups excluding carboxylic acids is 1. The molecule has 0 radical (unpaired) electrons. The van der Waals surface area contributed by atoms with E-state index < -0.39 is 5.60 Å². The minimum Gasteiger partial charge on any atom is -0.388 e. The van der Waals surface area contributed by atoms with Gasteiger partial charge < -0.3 is 14.6 Å². The van der Waals surface area contributed by atoms with Crippen LogP contribution in [0.4, 0.5) is 0 Å². The average molecular weight is 386 g/mol. The van der Waals surface area contributed by atoms with Crippen molar-refractivity contribution in [3.63, 3.8) is 0 Å². The van der Waals surface area contributed by atoms with Crippen LogP contribution in [0.2, 0.25) is 0 Å². The second-order valence-corrected chi connectivity index (χ2v) is 7.78. The summed E-state index contributed by atoms with van der Waals surface area (Å²) in [6.07, 6.45) is 8.33. The van der Waals surface area contributed by atoms with Gasteiger partial charge in [0.25, 0.3) is 5.91 Å². The SMILES string of the molecule is O=C(c1nccc2ccccc12)N1CCC(O)(Cn2ccc3ccncc32)CC1. The molecule has 1 amide bonds. The summed E-state index contributed by atoms with van der Waals surface area (Å²) in [5, 5.41) is 14.1. The number of likely N-dealkylation sites (tertiary alicyclic amines) is 1. The van der Waals surface area contributed by atoms with Crippen molar-refractivity contribution in [2.45, 2.75) is 25.0 Å². The van der Waals surface area contributed by atoms with Crippen LogP contribution in [0.3, 0.4) is 0 Å². The standard InChI is InChI=1S/C23H22N4O2/c28-22(21-19-4-2-1-3-17(19)6-11-25-21)26-13-8-23(29,9-14-26)16-27-12-7-18-5-10-24-15-20(18)27/h1-7,10-12,15,29H,8-9,13-14,16H2. The highest BCUT2D eigenvalue weighted by Gasteiger charge is 2.35. The van der Waals surface area contributed by atoms with E-state index >= 15 is 0 Å². The van der Waals surface area contributed by atoms with E-state index in [1.807, 2.05) is 59.4 Å². The molecule has 0 atom stereocenters. The molecular weight excluding hydrogens is 364 g/mol. The number of aromatic nitrogens is 3. The number of pyridine rings is 2. The lowest BCUT2D eigenvalue weighted by molar-refractivity contribution is -0.0284. The number of piperidine rings is 1. The van der Waals surface area contributed by atoms with E-state index in [1.165, 1.54) is 0 Å². The van der Waals surface area contributed by atoms with Gasteiger partial charge in [0.15, 0.2) is 0 Å². The summed E-state index contributed by atoms with van der Waals surface area (Å²) >= 11 is 0. The second-order valence-electron chi connectivity index (χ2n) is 7.78. The molecule has 0 saturated carbocycles. The van der Waals surface area contributed by atoms with Crippen molar-refractivity contribution in [1.29, 1.82) is 0 Å². The molecule has 1 aliphatic rings. The third kappa shape index (κ3) is 3.25. The number of hydrogen-bond acceptors (Lipinski definition) is 4. The summed E-state index contributed by atoms with van der Waals surface area (Å²) in [4.78, 5) is 23.4. The van der Waals surface area contributed by atoms with Gasteiger partial charge in [-0.2, -0.15) is 0 Å². The average Bonchev–Trinajstić information content (AvgIpc) is 3.16. The lowest BCUT2D eigenvalue weighted by Gasteiger charge is -2.38. The third-order valence-electron chi connectivity index (χ3n) is 5.90. The lowest BCUT2D eigenvalue weighted by Crippen LogP contribution is -2.48. The van der Waals surface area contributed by atoms with Crippen molar-refractivity contribution in [2.24, 2.45) is 0 Å². The molecule has 5 rings (SSSR count). The van der Waals surface area contributed by atoms with Crippen LogP contribution in [0.15, 0.2) is 67.3 Å². The van der Waals surface area contributed by atoms with Crippen LogP contribution in [0.5, 0.6) is 0 Å². The molecule has 6 heteroatoms. The summed E-state index contributed by atoms with van der Waals surface area (Å²) in [5.74, 6) is -0.0699. The molecule has 0 spiro atoms. The van der Waals surface area contributed by atoms with Crippen molar-refractivity contribution in [3.8, 4) is 0 Å². The summed E-state index contributed by atoms with van der Waals surface area (Å²) in [6, 6.07) is 13.7. The smallest absolute Gasteiger partial charge is 0.273 e. The van der Waals surface area contributed by atoms with Crippen LogP contribution in [0, 0.1) is 0 Å². The molecule has 1 fully saturated rings. The van der Waals surface area contributed by atoms with Gasteiger partial charge in [0.2, 0.25) is 0 Å². The van der Waals surface area contributed by atoms with E-state index in [2.05, 4.69) is 9.97 Å². The maximum Gasteiger partial charge on any atom is 0.273 e. The molecule has 4 heterocycles. The summed E-state index contributed by atoms with van der Waals surface area (Å²) < 4.78 is 2.05. The van der Waals surface area contributed by atoms with Gasteiger partial charge in [-0.15, -0.1) is 0 Å². The van der Waals surface area contributed by atoms with Crippen molar-refractivity contribution in [1.82, 2.24) is 19.4 Å². The molecule has 4 aromatic rings. The first-order chi connectivity index (χ1) is 14.1. The number of benzene rings is 1. The number of carbonyl (C=O) groups is 1. The Morgan fingerprint density at radius 2 is 1.83 bits per heavy atom. The Labute approximate surface area is 168 Å². The fourth-order valence-corrected chi connectivity index (χ4v) is 4.21. The Bertz CT molecular complexity index is 1190. The van der Waals surface area contributed by atoms with Crippen LogP contribution < -0.4 is 0 Å². The number of hydrogen-bond donors (Lipinski definition) is 1. The van der Waals surface area contributed by atoms with Crippen LogP contribution in [-0.4, -0.2) is 49.1 Å². The van der Waals surface area contributed by atoms with Crippen molar-refractivity contribution < 1.29 is 9.90 Å². The molecule has 29 heavy (non-hydrogen) atoms. The Balaban J connectivity index is 1.32. The predicted molar refractivity (Wildman–Crippen MR) is 112 cm³/mol. The normalized spacial score (nSPS) is 16.4. The number of nitrogens with zero attached hydrogens (tertiary/aromatic N) is 4. The van der Waals surface area contributed by atoms with Gasteiger partial charge >= 0.3 is 0 Å². The van der Waals surface area contributed by atoms with Gasteiger partial charge in [-0.3, -0.25) is 14.8 Å². The van der Waals surface area contributed by atoms with Gasteiger partial charge in [0.1, 0.15) is 5.69 Å². The zero-order valence-corrected chi connectivity index (χ0v) is 16.0. The Kier molecular flexibility index (Phi) is 4.28. The molecule has 6 nitrogen and oxygen atoms in total. The number of rotatable bonds is 3. The molecule has 146 valence electrons. The van der Waals surface area contributed by atoms with E-state index in [1.54, 1.807) is 17.3 Å². The summed E-state index contributed by atoms with van der Waals surface area (Å²) in [5.41, 5.74) is 0.653. The maximum atomic E-state index is 13.1. The van der Waals surface area contributed by atoms with Crippen molar-refractivity contribution in [2.75, 3.05) is 13.1 Å². The minimum absolute atomic E-state index is 0.0699. The highest BCUT2D eigenvalue weighted by atomic mass is 16.3. The number of amides is 1. The first kappa shape index (κ1) is 17.8. The summed E-state index contributed by atoms with van der Waals surface area (Å²) in [7, 11) is 0. The quantitative estimate of drug-likeness (QED) is 0.587. The minimum atomic E-state index is -0.843. The topological polar surface area (TPSA) is 71.2 Å². The van der Waals surface area contributed by atoms with Crippen LogP contribution in [0.1, 0.15) is 23.3 Å². The van der Waals surface area contributed by atoms with E-state index in [0.717, 1.165) is 21.7 Å². The fraction of sp³-hybridized carbons (Fsp3) is 0.261. The third-order valence-corrected chi connectivity index (χ3v) is 5.90. The zero-order chi connectivity index (χ0) is 19.8. The summed E-state index contributed by atoms with van der Waals surface area (Å²) in [6.45, 7) is 1.52. The van der Waals surface area contributed by atoms with Crippen molar-refractivity contribution >= 4 is 27.6 Å². The highest BCUT2D eigenvalue weighted by molar-refractivity contribution is 6.05. The molecule has 1 aliphatic heterocycles. The molecular formula is C23H22N4O2. The molecule has 1 N–H and O–H groups in total. The van der Waals surface area contributed by atoms with Gasteiger partial charge in [0, 0.05) is 42.5 Å². The van der Waals surface area contributed by atoms with Crippen LogP contribution >= 0.6 is 0 Å². The molecule has 0 aliphatic carbocycles. The number of aliphatic hydroxyl groups is 1. The molecule has 0 bridgehead atoms. The van der Waals surface area contributed by atoms with Crippen LogP contribution in [0.25, 0.3) is 21.7 Å². The van der Waals surface area contributed by atoms with E-state index in [4.69, 9.17) is 0 Å². The van der Waals surface area contributed by atoms with Gasteiger partial charge in [-0.25, -0.2) is 0 Å². The lowest BCUT2D eigenvalue weighted by atomic mass is 9.91. The van der Waals surface area contributed by atoms with E-state index in [0.29, 0.717) is 38.2 Å². The first-order valence-electron chi connectivity index (χ1n) is 9.87. The van der Waals surface area contributed by atoms with Gasteiger partial charge in [-0.05, 0) is 36.4 Å². The maximum absolute atomic E-state index is 13.1. The van der Waals surface area contributed by atoms with Crippen molar-refractivity contribution in [3.05, 3.63) is 72.9 Å².